The fraction of sp³-hybridized carbons (Fsp3) is 0.700. The van der Waals surface area contributed by atoms with Crippen LogP contribution in [0.3, 0.4) is 0 Å². The van der Waals surface area contributed by atoms with E-state index < -0.39 is 5.54 Å². The second-order valence-electron chi connectivity index (χ2n) is 8.11. The number of rotatable bonds is 4. The highest BCUT2D eigenvalue weighted by molar-refractivity contribution is 5.93. The third-order valence-corrected chi connectivity index (χ3v) is 6.10. The molecule has 1 spiro atoms. The van der Waals surface area contributed by atoms with Crippen LogP contribution in [0, 0.1) is 13.8 Å². The summed E-state index contributed by atoms with van der Waals surface area (Å²) in [6.07, 6.45) is 4.19. The van der Waals surface area contributed by atoms with Crippen molar-refractivity contribution in [2.75, 3.05) is 13.1 Å². The molecule has 0 radical (unpaired) electrons. The van der Waals surface area contributed by atoms with Crippen LogP contribution >= 0.6 is 0 Å². The molecule has 27 heavy (non-hydrogen) atoms. The van der Waals surface area contributed by atoms with E-state index in [1.807, 2.05) is 30.6 Å². The quantitative estimate of drug-likeness (QED) is 0.869. The van der Waals surface area contributed by atoms with Gasteiger partial charge in [-0.05, 0) is 65.4 Å². The van der Waals surface area contributed by atoms with E-state index in [0.29, 0.717) is 25.1 Å². The van der Waals surface area contributed by atoms with Gasteiger partial charge in [-0.2, -0.15) is 4.98 Å². The number of likely N-dealkylation sites (tertiary alicyclic amines) is 2. The number of carbonyl (C=O) groups excluding carboxylic acids is 2. The molecule has 3 heterocycles. The first-order valence-corrected chi connectivity index (χ1v) is 9.94. The summed E-state index contributed by atoms with van der Waals surface area (Å²) >= 11 is 0. The maximum absolute atomic E-state index is 13.2. The van der Waals surface area contributed by atoms with Crippen LogP contribution in [0.4, 0.5) is 0 Å². The van der Waals surface area contributed by atoms with Crippen LogP contribution in [0.2, 0.25) is 0 Å². The van der Waals surface area contributed by atoms with Gasteiger partial charge in [0.05, 0.1) is 0 Å². The maximum atomic E-state index is 13.2. The van der Waals surface area contributed by atoms with Gasteiger partial charge in [0.2, 0.25) is 11.8 Å². The molecule has 1 aromatic heterocycles. The number of nitrogens with one attached hydrogen (secondary N) is 1. The smallest absolute Gasteiger partial charge is 0.338 e. The fourth-order valence-electron chi connectivity index (χ4n) is 4.72. The van der Waals surface area contributed by atoms with Gasteiger partial charge in [-0.15, -0.1) is 0 Å². The molecule has 1 atom stereocenters. The zero-order valence-electron chi connectivity index (χ0n) is 16.8. The van der Waals surface area contributed by atoms with Gasteiger partial charge in [-0.1, -0.05) is 0 Å². The largest absolute Gasteiger partial charge is 0.345 e. The molecule has 0 saturated carbocycles. The van der Waals surface area contributed by atoms with Crippen LogP contribution in [-0.2, 0) is 16.0 Å². The lowest BCUT2D eigenvalue weighted by Gasteiger charge is -2.46. The van der Waals surface area contributed by atoms with Gasteiger partial charge in [0.25, 0.3) is 0 Å². The van der Waals surface area contributed by atoms with E-state index in [9.17, 15) is 14.4 Å². The Kier molecular flexibility index (Phi) is 5.40. The molecule has 3 rings (SSSR count). The number of hydrogen-bond donors (Lipinski definition) is 1. The SMILES string of the molecule is Cc1nc(=O)[nH]c(C)c1CCC(=O)N1CCCC12CCCN(C(C)C)C2=O. The molecule has 2 fully saturated rings. The Labute approximate surface area is 160 Å². The normalized spacial score (nSPS) is 22.9. The second-order valence-corrected chi connectivity index (χ2v) is 8.11. The first-order chi connectivity index (χ1) is 12.8. The number of carbonyl (C=O) groups is 2. The molecule has 1 N–H and O–H groups in total. The van der Waals surface area contributed by atoms with Crippen molar-refractivity contribution in [2.45, 2.75) is 77.8 Å². The Morgan fingerprint density at radius 2 is 1.85 bits per heavy atom. The van der Waals surface area contributed by atoms with Gasteiger partial charge in [0.15, 0.2) is 0 Å². The van der Waals surface area contributed by atoms with E-state index in [0.717, 1.165) is 43.5 Å². The Bertz CT molecular complexity index is 775. The molecule has 0 aliphatic carbocycles. The van der Waals surface area contributed by atoms with E-state index >= 15 is 0 Å². The van der Waals surface area contributed by atoms with Gasteiger partial charge >= 0.3 is 5.69 Å². The molecule has 2 aliphatic heterocycles. The number of aromatic amines is 1. The summed E-state index contributed by atoms with van der Waals surface area (Å²) in [6.45, 7) is 9.13. The van der Waals surface area contributed by atoms with Crippen molar-refractivity contribution in [2.24, 2.45) is 0 Å². The van der Waals surface area contributed by atoms with E-state index in [2.05, 4.69) is 9.97 Å². The number of hydrogen-bond acceptors (Lipinski definition) is 4. The van der Waals surface area contributed by atoms with Gasteiger partial charge in [-0.3, -0.25) is 9.59 Å². The Morgan fingerprint density at radius 3 is 2.48 bits per heavy atom. The van der Waals surface area contributed by atoms with Crippen molar-refractivity contribution in [1.82, 2.24) is 19.8 Å². The van der Waals surface area contributed by atoms with E-state index in [4.69, 9.17) is 0 Å². The van der Waals surface area contributed by atoms with E-state index in [1.54, 1.807) is 6.92 Å². The zero-order valence-corrected chi connectivity index (χ0v) is 16.8. The summed E-state index contributed by atoms with van der Waals surface area (Å²) in [5.41, 5.74) is 1.33. The molecular formula is C20H30N4O3. The number of aromatic nitrogens is 2. The lowest BCUT2D eigenvalue weighted by atomic mass is 9.84. The average Bonchev–Trinajstić information content (AvgIpc) is 3.00. The van der Waals surface area contributed by atoms with Crippen molar-refractivity contribution in [3.63, 3.8) is 0 Å². The molecule has 0 bridgehead atoms. The van der Waals surface area contributed by atoms with Crippen molar-refractivity contribution < 1.29 is 9.59 Å². The molecule has 2 aliphatic rings. The summed E-state index contributed by atoms with van der Waals surface area (Å²) in [4.78, 5) is 48.1. The molecule has 7 heteroatoms. The predicted octanol–water partition coefficient (Wildman–Crippen LogP) is 1.71. The van der Waals surface area contributed by atoms with Gasteiger partial charge in [0, 0.05) is 36.9 Å². The van der Waals surface area contributed by atoms with E-state index in [-0.39, 0.29) is 23.5 Å². The highest BCUT2D eigenvalue weighted by Gasteiger charge is 2.52. The number of aryl methyl sites for hydroxylation is 2. The predicted molar refractivity (Wildman–Crippen MR) is 102 cm³/mol. The molecule has 2 saturated heterocycles. The van der Waals surface area contributed by atoms with Gasteiger partial charge in [0.1, 0.15) is 5.54 Å². The molecule has 2 amide bonds. The third-order valence-electron chi connectivity index (χ3n) is 6.10. The fourth-order valence-corrected chi connectivity index (χ4v) is 4.72. The number of piperidine rings is 1. The number of nitrogens with zero attached hydrogens (tertiary/aromatic N) is 3. The summed E-state index contributed by atoms with van der Waals surface area (Å²) in [5.74, 6) is 0.143. The van der Waals surface area contributed by atoms with Crippen LogP contribution in [0.15, 0.2) is 4.79 Å². The lowest BCUT2D eigenvalue weighted by molar-refractivity contribution is -0.156. The second kappa shape index (κ2) is 7.44. The molecule has 1 aromatic rings. The van der Waals surface area contributed by atoms with Crippen LogP contribution in [0.1, 0.15) is 62.9 Å². The first kappa shape index (κ1) is 19.6. The van der Waals surface area contributed by atoms with Crippen LogP contribution in [-0.4, -0.2) is 56.3 Å². The Hall–Kier alpha value is -2.18. The standard InChI is InChI=1S/C20H30N4O3/c1-13(2)23-11-5-9-20(18(23)26)10-6-12-24(20)17(25)8-7-16-14(3)21-19(27)22-15(16)4/h13H,5-12H2,1-4H3,(H,21,22,27). The molecule has 1 unspecified atom stereocenters. The minimum Gasteiger partial charge on any atom is -0.338 e. The van der Waals surface area contributed by atoms with Crippen LogP contribution in [0.5, 0.6) is 0 Å². The molecule has 148 valence electrons. The average molecular weight is 374 g/mol. The highest BCUT2D eigenvalue weighted by atomic mass is 16.2. The van der Waals surface area contributed by atoms with Crippen molar-refractivity contribution in [3.8, 4) is 0 Å². The molecular weight excluding hydrogens is 344 g/mol. The van der Waals surface area contributed by atoms with Crippen molar-refractivity contribution in [3.05, 3.63) is 27.4 Å². The van der Waals surface area contributed by atoms with Crippen molar-refractivity contribution >= 4 is 11.8 Å². The zero-order chi connectivity index (χ0) is 19.8. The summed E-state index contributed by atoms with van der Waals surface area (Å²) in [6, 6.07) is 0.157. The number of amides is 2. The Balaban J connectivity index is 1.76. The van der Waals surface area contributed by atoms with Crippen LogP contribution in [0.25, 0.3) is 0 Å². The Morgan fingerprint density at radius 1 is 1.19 bits per heavy atom. The maximum Gasteiger partial charge on any atom is 0.345 e. The number of H-pyrrole nitrogens is 1. The minimum absolute atomic E-state index is 0.0245. The monoisotopic (exact) mass is 374 g/mol. The first-order valence-electron chi connectivity index (χ1n) is 9.94. The minimum atomic E-state index is -0.646. The summed E-state index contributed by atoms with van der Waals surface area (Å²) in [5, 5.41) is 0. The van der Waals surface area contributed by atoms with E-state index in [1.165, 1.54) is 0 Å². The molecule has 7 nitrogen and oxygen atoms in total. The highest BCUT2D eigenvalue weighted by Crippen LogP contribution is 2.39. The lowest BCUT2D eigenvalue weighted by Crippen LogP contribution is -2.62. The molecule has 0 aromatic carbocycles. The summed E-state index contributed by atoms with van der Waals surface area (Å²) in [7, 11) is 0. The summed E-state index contributed by atoms with van der Waals surface area (Å²) < 4.78 is 0. The van der Waals surface area contributed by atoms with Crippen molar-refractivity contribution in [1.29, 1.82) is 0 Å². The topological polar surface area (TPSA) is 86.4 Å². The van der Waals surface area contributed by atoms with Gasteiger partial charge < -0.3 is 14.8 Å². The van der Waals surface area contributed by atoms with Crippen LogP contribution < -0.4 is 5.69 Å². The third kappa shape index (κ3) is 3.51. The van der Waals surface area contributed by atoms with Gasteiger partial charge in [-0.25, -0.2) is 4.79 Å².